The highest BCUT2D eigenvalue weighted by atomic mass is 15.1. The molecular weight excluding hydrogens is 122 g/mol. The van der Waals surface area contributed by atoms with Crippen LogP contribution in [0.2, 0.25) is 0 Å². The Morgan fingerprint density at radius 3 is 2.20 bits per heavy atom. The van der Waals surface area contributed by atoms with Gasteiger partial charge in [-0.05, 0) is 20.0 Å². The summed E-state index contributed by atoms with van der Waals surface area (Å²) in [7, 11) is 2.08. The third-order valence-electron chi connectivity index (χ3n) is 1.57. The maximum atomic E-state index is 3.72. The van der Waals surface area contributed by atoms with Crippen molar-refractivity contribution in [1.82, 2.24) is 4.90 Å². The molecule has 0 spiro atoms. The first kappa shape index (κ1) is 9.44. The molecule has 0 aromatic carbocycles. The van der Waals surface area contributed by atoms with Crippen LogP contribution in [0.25, 0.3) is 0 Å². The predicted octanol–water partition coefficient (Wildman–Crippen LogP) is 2.07. The van der Waals surface area contributed by atoms with Gasteiger partial charge >= 0.3 is 0 Å². The fourth-order valence-electron chi connectivity index (χ4n) is 0.958. The van der Waals surface area contributed by atoms with Crippen LogP contribution in [-0.4, -0.2) is 24.5 Å². The molecule has 0 fully saturated rings. The van der Waals surface area contributed by atoms with E-state index >= 15 is 0 Å². The lowest BCUT2D eigenvalue weighted by molar-refractivity contribution is 0.320. The number of likely N-dealkylation sites (N-methyl/N-ethyl adjacent to an activating group) is 1. The van der Waals surface area contributed by atoms with Crippen LogP contribution in [-0.2, 0) is 0 Å². The number of hydrogen-bond acceptors (Lipinski definition) is 1. The van der Waals surface area contributed by atoms with Gasteiger partial charge in [0.25, 0.3) is 0 Å². The topological polar surface area (TPSA) is 3.24 Å². The van der Waals surface area contributed by atoms with Gasteiger partial charge in [-0.25, -0.2) is 0 Å². The van der Waals surface area contributed by atoms with E-state index in [0.29, 0.717) is 6.04 Å². The van der Waals surface area contributed by atoms with Gasteiger partial charge in [0.05, 0.1) is 0 Å². The Bertz CT molecular complexity index is 99.3. The predicted molar refractivity (Wildman–Crippen MR) is 47.1 cm³/mol. The molecule has 0 atom stereocenters. The molecule has 1 nitrogen and oxygen atoms in total. The van der Waals surface area contributed by atoms with Crippen molar-refractivity contribution in [3.05, 3.63) is 25.3 Å². The first-order chi connectivity index (χ1) is 4.76. The van der Waals surface area contributed by atoms with E-state index in [2.05, 4.69) is 32.0 Å². The zero-order valence-electron chi connectivity index (χ0n) is 7.01. The van der Waals surface area contributed by atoms with Crippen LogP contribution in [0.3, 0.4) is 0 Å². The molecule has 0 bridgehead atoms. The van der Waals surface area contributed by atoms with Crippen LogP contribution < -0.4 is 0 Å². The molecule has 0 saturated carbocycles. The number of nitrogens with zero attached hydrogens (tertiary/aromatic N) is 1. The van der Waals surface area contributed by atoms with E-state index < -0.39 is 0 Å². The Labute approximate surface area is 64.0 Å². The summed E-state index contributed by atoms with van der Waals surface area (Å²) < 4.78 is 0. The Kier molecular flexibility index (Phi) is 4.95. The summed E-state index contributed by atoms with van der Waals surface area (Å²) >= 11 is 0. The van der Waals surface area contributed by atoms with Crippen LogP contribution in [0.4, 0.5) is 0 Å². The minimum Gasteiger partial charge on any atom is -0.297 e. The van der Waals surface area contributed by atoms with Crippen molar-refractivity contribution in [3.8, 4) is 0 Å². The van der Waals surface area contributed by atoms with Crippen molar-refractivity contribution >= 4 is 0 Å². The van der Waals surface area contributed by atoms with Crippen molar-refractivity contribution in [2.75, 3.05) is 13.6 Å². The first-order valence-corrected chi connectivity index (χ1v) is 3.71. The first-order valence-electron chi connectivity index (χ1n) is 3.71. The zero-order valence-corrected chi connectivity index (χ0v) is 7.01. The third kappa shape index (κ3) is 2.83. The molecule has 1 heteroatoms. The Balaban J connectivity index is 3.75. The number of rotatable bonds is 5. The second kappa shape index (κ2) is 5.24. The highest BCUT2D eigenvalue weighted by Crippen LogP contribution is 1.98. The molecule has 0 amide bonds. The van der Waals surface area contributed by atoms with Gasteiger partial charge in [0, 0.05) is 6.04 Å². The molecule has 10 heavy (non-hydrogen) atoms. The van der Waals surface area contributed by atoms with Gasteiger partial charge in [0.1, 0.15) is 0 Å². The lowest BCUT2D eigenvalue weighted by Gasteiger charge is -2.21. The Morgan fingerprint density at radius 1 is 1.40 bits per heavy atom. The van der Waals surface area contributed by atoms with Crippen LogP contribution in [0.15, 0.2) is 25.3 Å². The van der Waals surface area contributed by atoms with E-state index in [1.54, 1.807) is 0 Å². The molecule has 0 aliphatic rings. The molecule has 0 saturated heterocycles. The fourth-order valence-corrected chi connectivity index (χ4v) is 0.958. The second-order valence-electron chi connectivity index (χ2n) is 2.44. The lowest BCUT2D eigenvalue weighted by atomic mass is 10.2. The van der Waals surface area contributed by atoms with E-state index in [9.17, 15) is 0 Å². The average molecular weight is 139 g/mol. The molecular formula is C9H17N. The largest absolute Gasteiger partial charge is 0.297 e. The van der Waals surface area contributed by atoms with Gasteiger partial charge in [0.15, 0.2) is 0 Å². The maximum Gasteiger partial charge on any atom is 0.0453 e. The van der Waals surface area contributed by atoms with Crippen molar-refractivity contribution in [2.45, 2.75) is 19.4 Å². The monoisotopic (exact) mass is 139 g/mol. The summed E-state index contributed by atoms with van der Waals surface area (Å²) in [6, 6.07) is 0.333. The van der Waals surface area contributed by atoms with E-state index in [4.69, 9.17) is 0 Å². The van der Waals surface area contributed by atoms with E-state index in [1.807, 2.05) is 12.2 Å². The van der Waals surface area contributed by atoms with E-state index in [0.717, 1.165) is 6.54 Å². The van der Waals surface area contributed by atoms with Crippen LogP contribution in [0.1, 0.15) is 13.3 Å². The smallest absolute Gasteiger partial charge is 0.0453 e. The van der Waals surface area contributed by atoms with Gasteiger partial charge in [-0.3, -0.25) is 4.90 Å². The molecule has 0 aromatic rings. The minimum atomic E-state index is 0.333. The van der Waals surface area contributed by atoms with E-state index in [-0.39, 0.29) is 0 Å². The summed E-state index contributed by atoms with van der Waals surface area (Å²) in [5.74, 6) is 0. The van der Waals surface area contributed by atoms with Crippen LogP contribution in [0, 0.1) is 0 Å². The van der Waals surface area contributed by atoms with Crippen molar-refractivity contribution in [2.24, 2.45) is 0 Å². The molecule has 0 N–H and O–H groups in total. The summed E-state index contributed by atoms with van der Waals surface area (Å²) in [4.78, 5) is 2.22. The fraction of sp³-hybridized carbons (Fsp3) is 0.556. The van der Waals surface area contributed by atoms with Crippen molar-refractivity contribution < 1.29 is 0 Å². The molecule has 0 rings (SSSR count). The lowest BCUT2D eigenvalue weighted by Crippen LogP contribution is -2.28. The highest BCUT2D eigenvalue weighted by molar-refractivity contribution is 4.98. The van der Waals surface area contributed by atoms with Gasteiger partial charge < -0.3 is 0 Å². The standard InChI is InChI=1S/C9H17N/c1-5-8-10(4)9(6-2)7-3/h6-7,9H,2-3,5,8H2,1,4H3. The summed E-state index contributed by atoms with van der Waals surface area (Å²) in [5, 5.41) is 0. The average Bonchev–Trinajstić information content (AvgIpc) is 1.91. The highest BCUT2D eigenvalue weighted by Gasteiger charge is 2.03. The van der Waals surface area contributed by atoms with Crippen molar-refractivity contribution in [3.63, 3.8) is 0 Å². The second-order valence-corrected chi connectivity index (χ2v) is 2.44. The van der Waals surface area contributed by atoms with Crippen LogP contribution in [0.5, 0.6) is 0 Å². The molecule has 0 unspecified atom stereocenters. The number of hydrogen-bond donors (Lipinski definition) is 0. The summed E-state index contributed by atoms with van der Waals surface area (Å²) in [6.45, 7) is 10.7. The SMILES string of the molecule is C=CC(C=C)N(C)CCC. The Morgan fingerprint density at radius 2 is 1.90 bits per heavy atom. The third-order valence-corrected chi connectivity index (χ3v) is 1.57. The van der Waals surface area contributed by atoms with Crippen molar-refractivity contribution in [1.29, 1.82) is 0 Å². The summed E-state index contributed by atoms with van der Waals surface area (Å²) in [6.07, 6.45) is 4.99. The minimum absolute atomic E-state index is 0.333. The summed E-state index contributed by atoms with van der Waals surface area (Å²) in [5.41, 5.74) is 0. The molecule has 0 aromatic heterocycles. The normalized spacial score (nSPS) is 10.4. The van der Waals surface area contributed by atoms with Gasteiger partial charge in [0.2, 0.25) is 0 Å². The Hall–Kier alpha value is -0.560. The van der Waals surface area contributed by atoms with Gasteiger partial charge in [-0.2, -0.15) is 0 Å². The molecule has 0 aliphatic heterocycles. The van der Waals surface area contributed by atoms with Gasteiger partial charge in [-0.15, -0.1) is 13.2 Å². The quantitative estimate of drug-likeness (QED) is 0.527. The van der Waals surface area contributed by atoms with E-state index in [1.165, 1.54) is 6.42 Å². The molecule has 0 radical (unpaired) electrons. The van der Waals surface area contributed by atoms with Gasteiger partial charge in [-0.1, -0.05) is 19.1 Å². The molecule has 0 heterocycles. The van der Waals surface area contributed by atoms with Crippen LogP contribution >= 0.6 is 0 Å². The zero-order chi connectivity index (χ0) is 7.98. The molecule has 58 valence electrons. The molecule has 0 aliphatic carbocycles. The maximum absolute atomic E-state index is 3.72.